The van der Waals surface area contributed by atoms with Crippen molar-refractivity contribution in [3.05, 3.63) is 36.5 Å². The lowest BCUT2D eigenvalue weighted by Gasteiger charge is -2.08. The molecule has 0 aliphatic rings. The van der Waals surface area contributed by atoms with Crippen LogP contribution in [0.3, 0.4) is 0 Å². The number of benzene rings is 1. The number of hydrogen-bond acceptors (Lipinski definition) is 5. The van der Waals surface area contributed by atoms with E-state index in [2.05, 4.69) is 20.5 Å². The van der Waals surface area contributed by atoms with Crippen LogP contribution in [0.1, 0.15) is 0 Å². The second-order valence-electron chi connectivity index (χ2n) is 4.18. The van der Waals surface area contributed by atoms with E-state index < -0.39 is 6.09 Å². The quantitative estimate of drug-likeness (QED) is 0.785. The number of nitrogens with zero attached hydrogens (tertiary/aromatic N) is 2. The summed E-state index contributed by atoms with van der Waals surface area (Å²) in [4.78, 5) is 23.0. The highest BCUT2D eigenvalue weighted by atomic mass is 16.5. The highest BCUT2D eigenvalue weighted by molar-refractivity contribution is 5.92. The lowest BCUT2D eigenvalue weighted by atomic mass is 10.2. The number of hydrogen-bond donors (Lipinski definition) is 3. The predicted molar refractivity (Wildman–Crippen MR) is 77.7 cm³/mol. The molecule has 110 valence electrons. The Morgan fingerprint density at radius 2 is 2.00 bits per heavy atom. The molecule has 0 fully saturated rings. The number of nitrogen functional groups attached to an aromatic ring is 1. The highest BCUT2D eigenvalue weighted by Gasteiger charge is 2.06. The van der Waals surface area contributed by atoms with Crippen LogP contribution in [0.2, 0.25) is 0 Å². The van der Waals surface area contributed by atoms with E-state index in [1.165, 1.54) is 11.8 Å². The molecule has 0 saturated carbocycles. The highest BCUT2D eigenvalue weighted by Crippen LogP contribution is 2.15. The number of methoxy groups -OCH3 is 1. The van der Waals surface area contributed by atoms with Gasteiger partial charge in [0.25, 0.3) is 0 Å². The Hall–Kier alpha value is -3.03. The summed E-state index contributed by atoms with van der Waals surface area (Å²) >= 11 is 0. The third-order valence-electron chi connectivity index (χ3n) is 2.55. The minimum Gasteiger partial charge on any atom is -0.453 e. The lowest BCUT2D eigenvalue weighted by Crippen LogP contribution is -2.19. The van der Waals surface area contributed by atoms with E-state index in [1.54, 1.807) is 36.5 Å². The summed E-state index contributed by atoms with van der Waals surface area (Å²) in [5, 5.41) is 9.13. The minimum atomic E-state index is -0.578. The summed E-state index contributed by atoms with van der Waals surface area (Å²) in [6, 6.07) is 8.31. The average molecular weight is 289 g/mol. The van der Waals surface area contributed by atoms with Crippen molar-refractivity contribution in [1.82, 2.24) is 9.78 Å². The average Bonchev–Trinajstić information content (AvgIpc) is 2.84. The molecule has 0 bridgehead atoms. The van der Waals surface area contributed by atoms with Crippen LogP contribution < -0.4 is 16.4 Å². The SMILES string of the molecule is COC(=O)Nc1cccc(NC(=O)Cn2ccc(N)n2)c1. The van der Waals surface area contributed by atoms with Gasteiger partial charge in [0.15, 0.2) is 0 Å². The molecule has 1 aromatic heterocycles. The molecule has 0 spiro atoms. The van der Waals surface area contributed by atoms with Crippen molar-refractivity contribution in [3.8, 4) is 0 Å². The van der Waals surface area contributed by atoms with E-state index in [-0.39, 0.29) is 12.5 Å². The summed E-state index contributed by atoms with van der Waals surface area (Å²) in [6.07, 6.45) is 1.04. The maximum Gasteiger partial charge on any atom is 0.411 e. The molecule has 0 radical (unpaired) electrons. The van der Waals surface area contributed by atoms with E-state index in [4.69, 9.17) is 5.73 Å². The monoisotopic (exact) mass is 289 g/mol. The fraction of sp³-hybridized carbons (Fsp3) is 0.154. The van der Waals surface area contributed by atoms with Crippen molar-refractivity contribution in [2.45, 2.75) is 6.54 Å². The molecule has 0 aliphatic carbocycles. The Morgan fingerprint density at radius 3 is 2.62 bits per heavy atom. The molecule has 2 rings (SSSR count). The van der Waals surface area contributed by atoms with E-state index in [1.807, 2.05) is 0 Å². The van der Waals surface area contributed by atoms with Crippen molar-refractivity contribution in [2.75, 3.05) is 23.5 Å². The van der Waals surface area contributed by atoms with Gasteiger partial charge in [-0.15, -0.1) is 0 Å². The molecule has 0 aliphatic heterocycles. The van der Waals surface area contributed by atoms with Gasteiger partial charge in [0.2, 0.25) is 5.91 Å². The molecule has 0 atom stereocenters. The van der Waals surface area contributed by atoms with Crippen molar-refractivity contribution in [3.63, 3.8) is 0 Å². The first-order valence-corrected chi connectivity index (χ1v) is 6.10. The van der Waals surface area contributed by atoms with Gasteiger partial charge in [-0.25, -0.2) is 4.79 Å². The maximum atomic E-state index is 11.9. The number of anilines is 3. The zero-order chi connectivity index (χ0) is 15.2. The van der Waals surface area contributed by atoms with Gasteiger partial charge in [-0.2, -0.15) is 5.10 Å². The number of carbonyl (C=O) groups is 2. The summed E-state index contributed by atoms with van der Waals surface area (Å²) < 4.78 is 5.93. The van der Waals surface area contributed by atoms with Gasteiger partial charge in [-0.1, -0.05) is 6.07 Å². The molecule has 0 saturated heterocycles. The molecule has 0 unspecified atom stereocenters. The molecule has 8 nitrogen and oxygen atoms in total. The van der Waals surface area contributed by atoms with Crippen LogP contribution in [0, 0.1) is 0 Å². The summed E-state index contributed by atoms with van der Waals surface area (Å²) in [5.41, 5.74) is 6.54. The third kappa shape index (κ3) is 4.23. The second-order valence-corrected chi connectivity index (χ2v) is 4.18. The normalized spacial score (nSPS) is 9.95. The molecular weight excluding hydrogens is 274 g/mol. The molecule has 1 aromatic carbocycles. The second kappa shape index (κ2) is 6.42. The van der Waals surface area contributed by atoms with Crippen LogP contribution in [-0.4, -0.2) is 28.9 Å². The molecule has 21 heavy (non-hydrogen) atoms. The van der Waals surface area contributed by atoms with Gasteiger partial charge in [0.1, 0.15) is 12.4 Å². The van der Waals surface area contributed by atoms with E-state index in [0.717, 1.165) is 0 Å². The number of ether oxygens (including phenoxy) is 1. The lowest BCUT2D eigenvalue weighted by molar-refractivity contribution is -0.116. The molecule has 2 aromatic rings. The van der Waals surface area contributed by atoms with Gasteiger partial charge in [-0.05, 0) is 24.3 Å². The van der Waals surface area contributed by atoms with Crippen molar-refractivity contribution < 1.29 is 14.3 Å². The smallest absolute Gasteiger partial charge is 0.411 e. The fourth-order valence-corrected chi connectivity index (χ4v) is 1.66. The van der Waals surface area contributed by atoms with Crippen molar-refractivity contribution in [1.29, 1.82) is 0 Å². The summed E-state index contributed by atoms with van der Waals surface area (Å²) in [5.74, 6) is 0.0976. The first kappa shape index (κ1) is 14.4. The van der Waals surface area contributed by atoms with E-state index >= 15 is 0 Å². The zero-order valence-corrected chi connectivity index (χ0v) is 11.4. The Morgan fingerprint density at radius 1 is 1.29 bits per heavy atom. The van der Waals surface area contributed by atoms with Crippen LogP contribution in [0.15, 0.2) is 36.5 Å². The summed E-state index contributed by atoms with van der Waals surface area (Å²) in [7, 11) is 1.27. The Kier molecular flexibility index (Phi) is 4.39. The molecule has 2 amide bonds. The van der Waals surface area contributed by atoms with Crippen LogP contribution >= 0.6 is 0 Å². The van der Waals surface area contributed by atoms with Gasteiger partial charge in [0, 0.05) is 17.6 Å². The third-order valence-corrected chi connectivity index (χ3v) is 2.55. The standard InChI is InChI=1S/C13H15N5O3/c1-21-13(20)16-10-4-2-3-9(7-10)15-12(19)8-18-6-5-11(14)17-18/h2-7H,8H2,1H3,(H2,14,17)(H,15,19)(H,16,20). The van der Waals surface area contributed by atoms with Crippen LogP contribution in [0.5, 0.6) is 0 Å². The van der Waals surface area contributed by atoms with E-state index in [9.17, 15) is 9.59 Å². The Labute approximate surface area is 120 Å². The molecule has 8 heteroatoms. The van der Waals surface area contributed by atoms with Gasteiger partial charge in [-0.3, -0.25) is 14.8 Å². The molecular formula is C13H15N5O3. The van der Waals surface area contributed by atoms with Crippen molar-refractivity contribution in [2.24, 2.45) is 0 Å². The Bertz CT molecular complexity index is 653. The fourth-order valence-electron chi connectivity index (χ4n) is 1.66. The molecule has 4 N–H and O–H groups in total. The van der Waals surface area contributed by atoms with E-state index in [0.29, 0.717) is 17.2 Å². The molecule has 1 heterocycles. The first-order valence-electron chi connectivity index (χ1n) is 6.10. The number of aromatic nitrogens is 2. The number of rotatable bonds is 4. The van der Waals surface area contributed by atoms with Crippen LogP contribution in [-0.2, 0) is 16.1 Å². The zero-order valence-electron chi connectivity index (χ0n) is 11.4. The number of nitrogens with two attached hydrogens (primary N) is 1. The van der Waals surface area contributed by atoms with Gasteiger partial charge < -0.3 is 15.8 Å². The number of carbonyl (C=O) groups excluding carboxylic acids is 2. The predicted octanol–water partition coefficient (Wildman–Crippen LogP) is 1.28. The number of nitrogens with one attached hydrogen (secondary N) is 2. The minimum absolute atomic E-state index is 0.0475. The maximum absolute atomic E-state index is 11.9. The largest absolute Gasteiger partial charge is 0.453 e. The van der Waals surface area contributed by atoms with Crippen LogP contribution in [0.25, 0.3) is 0 Å². The van der Waals surface area contributed by atoms with Gasteiger partial charge >= 0.3 is 6.09 Å². The first-order chi connectivity index (χ1) is 10.1. The van der Waals surface area contributed by atoms with Gasteiger partial charge in [0.05, 0.1) is 7.11 Å². The number of amides is 2. The Balaban J connectivity index is 1.97. The van der Waals surface area contributed by atoms with Crippen molar-refractivity contribution >= 4 is 29.2 Å². The topological polar surface area (TPSA) is 111 Å². The summed E-state index contributed by atoms with van der Waals surface area (Å²) in [6.45, 7) is 0.0475. The van der Waals surface area contributed by atoms with Crippen LogP contribution in [0.4, 0.5) is 22.0 Å².